The lowest BCUT2D eigenvalue weighted by Gasteiger charge is -2.15. The van der Waals surface area contributed by atoms with Crippen LogP contribution in [-0.2, 0) is 13.6 Å². The van der Waals surface area contributed by atoms with Crippen LogP contribution < -0.4 is 5.56 Å². The van der Waals surface area contributed by atoms with E-state index in [1.807, 2.05) is 17.9 Å². The monoisotopic (exact) mass is 503 g/mol. The number of hydrogen-bond donors (Lipinski definition) is 1. The fourth-order valence-corrected chi connectivity index (χ4v) is 6.08. The first-order valence-electron chi connectivity index (χ1n) is 11.2. The highest BCUT2D eigenvalue weighted by molar-refractivity contribution is 7.25. The first-order valence-corrected chi connectivity index (χ1v) is 12.4. The number of aryl methyl sites for hydroxylation is 1. The predicted octanol–water partition coefficient (Wildman–Crippen LogP) is 5.44. The fraction of sp³-hybridized carbons (Fsp3) is 0.200. The number of thiophene rings is 1. The number of aromatic hydroxyl groups is 1. The Morgan fingerprint density at radius 1 is 1.26 bits per heavy atom. The summed E-state index contributed by atoms with van der Waals surface area (Å²) in [5, 5.41) is 17.3. The van der Waals surface area contributed by atoms with Crippen LogP contribution in [0.2, 0.25) is 5.02 Å². The predicted molar refractivity (Wildman–Crippen MR) is 135 cm³/mol. The third-order valence-electron chi connectivity index (χ3n) is 6.66. The summed E-state index contributed by atoms with van der Waals surface area (Å²) in [6.45, 7) is 0.184. The van der Waals surface area contributed by atoms with E-state index in [-0.39, 0.29) is 22.9 Å². The molecule has 1 saturated carbocycles. The van der Waals surface area contributed by atoms with Crippen molar-refractivity contribution in [3.05, 3.63) is 69.8 Å². The van der Waals surface area contributed by atoms with E-state index in [2.05, 4.69) is 22.2 Å². The van der Waals surface area contributed by atoms with E-state index in [0.29, 0.717) is 37.8 Å². The molecule has 4 heterocycles. The second-order valence-electron chi connectivity index (χ2n) is 8.89. The van der Waals surface area contributed by atoms with Gasteiger partial charge in [0, 0.05) is 23.4 Å². The zero-order chi connectivity index (χ0) is 23.8. The Bertz CT molecular complexity index is 1850. The van der Waals surface area contributed by atoms with Crippen LogP contribution in [0.25, 0.3) is 42.6 Å². The van der Waals surface area contributed by atoms with Crippen molar-refractivity contribution in [3.63, 3.8) is 0 Å². The molecule has 8 nitrogen and oxygen atoms in total. The van der Waals surface area contributed by atoms with E-state index in [4.69, 9.17) is 21.0 Å². The average molecular weight is 504 g/mol. The molecule has 0 aliphatic heterocycles. The molecule has 0 atom stereocenters. The number of halogens is 1. The van der Waals surface area contributed by atoms with Crippen molar-refractivity contribution >= 4 is 54.1 Å². The first kappa shape index (κ1) is 20.7. The van der Waals surface area contributed by atoms with Crippen molar-refractivity contribution in [2.24, 2.45) is 7.05 Å². The zero-order valence-electron chi connectivity index (χ0n) is 18.5. The number of fused-ring (bicyclic) bond motifs is 4. The maximum Gasteiger partial charge on any atom is 0.263 e. The van der Waals surface area contributed by atoms with Gasteiger partial charge in [-0.05, 0) is 42.5 Å². The van der Waals surface area contributed by atoms with Gasteiger partial charge in [0.15, 0.2) is 12.1 Å². The Morgan fingerprint density at radius 3 is 2.89 bits per heavy atom. The van der Waals surface area contributed by atoms with Gasteiger partial charge in [0.25, 0.3) is 5.56 Å². The molecule has 1 N–H and O–H groups in total. The van der Waals surface area contributed by atoms with Crippen molar-refractivity contribution in [2.75, 3.05) is 0 Å². The molecule has 174 valence electrons. The summed E-state index contributed by atoms with van der Waals surface area (Å²) in [5.41, 5.74) is 2.90. The summed E-state index contributed by atoms with van der Waals surface area (Å²) in [4.78, 5) is 23.6. The molecule has 0 amide bonds. The van der Waals surface area contributed by atoms with Crippen LogP contribution in [0.5, 0.6) is 5.75 Å². The zero-order valence-corrected chi connectivity index (χ0v) is 20.1. The quantitative estimate of drug-likeness (QED) is 0.344. The lowest BCUT2D eigenvalue weighted by atomic mass is 10.00. The van der Waals surface area contributed by atoms with Crippen LogP contribution in [0.3, 0.4) is 0 Å². The summed E-state index contributed by atoms with van der Waals surface area (Å²) in [7, 11) is 1.93. The van der Waals surface area contributed by atoms with Crippen molar-refractivity contribution in [1.82, 2.24) is 24.3 Å². The van der Waals surface area contributed by atoms with Gasteiger partial charge in [-0.1, -0.05) is 17.7 Å². The van der Waals surface area contributed by atoms with E-state index in [0.717, 1.165) is 34.9 Å². The lowest BCUT2D eigenvalue weighted by molar-refractivity contribution is 0.482. The molecule has 1 aliphatic carbocycles. The smallest absolute Gasteiger partial charge is 0.263 e. The number of oxazole rings is 1. The van der Waals surface area contributed by atoms with Crippen molar-refractivity contribution in [1.29, 1.82) is 0 Å². The van der Waals surface area contributed by atoms with Crippen molar-refractivity contribution in [3.8, 4) is 17.1 Å². The van der Waals surface area contributed by atoms with Gasteiger partial charge in [-0.25, -0.2) is 9.97 Å². The molecule has 1 fully saturated rings. The highest BCUT2D eigenvalue weighted by atomic mass is 35.5. The number of benzene rings is 2. The molecule has 1 aliphatic rings. The number of rotatable bonds is 4. The highest BCUT2D eigenvalue weighted by Gasteiger charge is 2.30. The van der Waals surface area contributed by atoms with Gasteiger partial charge >= 0.3 is 0 Å². The van der Waals surface area contributed by atoms with Gasteiger partial charge in [-0.3, -0.25) is 14.0 Å². The molecule has 10 heteroatoms. The average Bonchev–Trinajstić information content (AvgIpc) is 3.26. The molecule has 6 aromatic rings. The SMILES string of the molecule is Cn1ncc2cc(-c3nc4sc5c(O)c(Cl)ccc5c4c(=O)n3Cc3cnco3)c(C3CC3)cc21. The summed E-state index contributed by atoms with van der Waals surface area (Å²) in [5.74, 6) is 1.49. The Balaban J connectivity index is 1.59. The molecule has 0 unspecified atom stereocenters. The first-order chi connectivity index (χ1) is 17.0. The molecular formula is C25H18ClN5O3S. The van der Waals surface area contributed by atoms with E-state index in [9.17, 15) is 9.90 Å². The minimum atomic E-state index is -0.206. The summed E-state index contributed by atoms with van der Waals surface area (Å²) in [6, 6.07) is 7.60. The third kappa shape index (κ3) is 3.11. The maximum absolute atomic E-state index is 14.0. The highest BCUT2D eigenvalue weighted by Crippen LogP contribution is 2.46. The van der Waals surface area contributed by atoms with Gasteiger partial charge in [0.2, 0.25) is 0 Å². The van der Waals surface area contributed by atoms with Crippen LogP contribution in [-0.4, -0.2) is 29.4 Å². The van der Waals surface area contributed by atoms with Gasteiger partial charge in [-0.15, -0.1) is 11.3 Å². The Hall–Kier alpha value is -3.69. The molecule has 35 heavy (non-hydrogen) atoms. The number of nitrogens with zero attached hydrogens (tertiary/aromatic N) is 5. The molecule has 4 aromatic heterocycles. The van der Waals surface area contributed by atoms with Crippen LogP contribution in [0.4, 0.5) is 0 Å². The fourth-order valence-electron chi connectivity index (χ4n) is 4.75. The van der Waals surface area contributed by atoms with E-state index in [1.165, 1.54) is 17.7 Å². The van der Waals surface area contributed by atoms with Gasteiger partial charge in [-0.2, -0.15) is 5.10 Å². The standard InChI is InChI=1S/C25H18ClN5O3S/c1-30-19-7-16(12-2-3-12)17(6-13(19)8-28-30)23-29-24-20(15-4-5-18(26)21(32)22(15)35-24)25(33)31(23)10-14-9-27-11-34-14/h4-9,11-12,32H,2-3,10H2,1H3. The molecular weight excluding hydrogens is 486 g/mol. The number of hydrogen-bond acceptors (Lipinski definition) is 7. The summed E-state index contributed by atoms with van der Waals surface area (Å²) in [6.07, 6.45) is 6.97. The molecule has 0 spiro atoms. The van der Waals surface area contributed by atoms with E-state index in [1.54, 1.807) is 22.9 Å². The van der Waals surface area contributed by atoms with Crippen LogP contribution >= 0.6 is 22.9 Å². The molecule has 7 rings (SSSR count). The number of phenols is 1. The van der Waals surface area contributed by atoms with E-state index < -0.39 is 0 Å². The van der Waals surface area contributed by atoms with Crippen LogP contribution in [0.15, 0.2) is 52.3 Å². The van der Waals surface area contributed by atoms with Crippen molar-refractivity contribution < 1.29 is 9.52 Å². The molecule has 2 aromatic carbocycles. The van der Waals surface area contributed by atoms with Gasteiger partial charge in [0.05, 0.1) is 39.6 Å². The molecule has 0 radical (unpaired) electrons. The van der Waals surface area contributed by atoms with Crippen LogP contribution in [0.1, 0.15) is 30.1 Å². The number of aromatic nitrogens is 5. The largest absolute Gasteiger partial charge is 0.505 e. The van der Waals surface area contributed by atoms with Gasteiger partial charge < -0.3 is 9.52 Å². The summed E-state index contributed by atoms with van der Waals surface area (Å²) >= 11 is 7.42. The normalized spacial score (nSPS) is 14.0. The van der Waals surface area contributed by atoms with Crippen molar-refractivity contribution in [2.45, 2.75) is 25.3 Å². The number of phenolic OH excluding ortho intramolecular Hbond substituents is 1. The maximum atomic E-state index is 14.0. The Kier molecular flexibility index (Phi) is 4.37. The second-order valence-corrected chi connectivity index (χ2v) is 10.3. The van der Waals surface area contributed by atoms with E-state index >= 15 is 0 Å². The minimum Gasteiger partial charge on any atom is -0.505 e. The van der Waals surface area contributed by atoms with Crippen LogP contribution in [0, 0.1) is 0 Å². The summed E-state index contributed by atoms with van der Waals surface area (Å²) < 4.78 is 9.55. The Labute approximate surface area is 207 Å². The second kappa shape index (κ2) is 7.40. The lowest BCUT2D eigenvalue weighted by Crippen LogP contribution is -2.24. The molecule has 0 saturated heterocycles. The minimum absolute atomic E-state index is 0.0367. The topological polar surface area (TPSA) is 99.0 Å². The Morgan fingerprint density at radius 2 is 2.11 bits per heavy atom. The third-order valence-corrected chi connectivity index (χ3v) is 8.07. The molecule has 0 bridgehead atoms. The van der Waals surface area contributed by atoms with Gasteiger partial charge in [0.1, 0.15) is 16.4 Å².